The van der Waals surface area contributed by atoms with Gasteiger partial charge in [0.1, 0.15) is 23.6 Å². The first-order valence-electron chi connectivity index (χ1n) is 10.0. The number of halogens is 2. The number of rotatable bonds is 2. The van der Waals surface area contributed by atoms with Crippen LogP contribution < -0.4 is 4.90 Å². The molecule has 2 aromatic rings. The number of aromatic nitrogens is 2. The molecule has 1 aromatic carbocycles. The van der Waals surface area contributed by atoms with E-state index in [4.69, 9.17) is 11.2 Å². The van der Waals surface area contributed by atoms with Crippen molar-refractivity contribution >= 4 is 11.7 Å². The number of anilines is 1. The molecule has 2 atom stereocenters. The predicted molar refractivity (Wildman–Crippen MR) is 104 cm³/mol. The molecule has 0 radical (unpaired) electrons. The van der Waals surface area contributed by atoms with E-state index in [0.29, 0.717) is 55.8 Å². The molecule has 1 aromatic heterocycles. The number of ether oxygens (including phenoxy) is 1. The maximum absolute atomic E-state index is 13.7. The second-order valence-electron chi connectivity index (χ2n) is 7.98. The summed E-state index contributed by atoms with van der Waals surface area (Å²) < 4.78 is 33.7. The van der Waals surface area contributed by atoms with E-state index in [1.165, 1.54) is 12.1 Å². The van der Waals surface area contributed by atoms with Crippen molar-refractivity contribution in [1.82, 2.24) is 15.1 Å². The lowest BCUT2D eigenvalue weighted by molar-refractivity contribution is -0.140. The number of hydrogen-bond acceptors (Lipinski definition) is 5. The van der Waals surface area contributed by atoms with E-state index in [0.717, 1.165) is 6.07 Å². The first-order valence-corrected chi connectivity index (χ1v) is 10.0. The molecule has 0 bridgehead atoms. The smallest absolute Gasteiger partial charge is 0.257 e. The molecule has 1 amide bonds. The molecular formula is C22H20F2N4O2. The molecule has 0 unspecified atom stereocenters. The molecule has 1 spiro atoms. The summed E-state index contributed by atoms with van der Waals surface area (Å²) >= 11 is 0. The van der Waals surface area contributed by atoms with Gasteiger partial charge in [-0.05, 0) is 48.6 Å². The molecule has 5 rings (SSSR count). The Balaban J connectivity index is 1.33. The molecule has 154 valence electrons. The molecule has 0 aliphatic carbocycles. The molecule has 3 aliphatic heterocycles. The zero-order chi connectivity index (χ0) is 20.9. The Bertz CT molecular complexity index is 1010. The molecular weight excluding hydrogens is 390 g/mol. The normalized spacial score (nSPS) is 24.9. The highest BCUT2D eigenvalue weighted by atomic mass is 19.1. The molecule has 3 aliphatic rings. The first-order chi connectivity index (χ1) is 14.5. The first kappa shape index (κ1) is 18.9. The summed E-state index contributed by atoms with van der Waals surface area (Å²) in [5.74, 6) is 1.79. The Hall–Kier alpha value is -3.05. The van der Waals surface area contributed by atoms with E-state index in [-0.39, 0.29) is 18.2 Å². The van der Waals surface area contributed by atoms with Crippen molar-refractivity contribution in [2.75, 3.05) is 18.0 Å². The van der Waals surface area contributed by atoms with E-state index in [9.17, 15) is 13.6 Å². The van der Waals surface area contributed by atoms with Crippen LogP contribution in [0, 0.1) is 24.0 Å². The summed E-state index contributed by atoms with van der Waals surface area (Å²) in [5.41, 5.74) is 0.0602. The second kappa shape index (κ2) is 7.03. The highest BCUT2D eigenvalue weighted by molar-refractivity contribution is 5.88. The molecule has 0 saturated carbocycles. The van der Waals surface area contributed by atoms with E-state index in [2.05, 4.69) is 21.0 Å². The van der Waals surface area contributed by atoms with Gasteiger partial charge in [0.25, 0.3) is 5.91 Å². The van der Waals surface area contributed by atoms with E-state index >= 15 is 0 Å². The number of hydrogen-bond donors (Lipinski definition) is 0. The summed E-state index contributed by atoms with van der Waals surface area (Å²) in [6.45, 7) is 1.19. The van der Waals surface area contributed by atoms with E-state index in [1.54, 1.807) is 11.0 Å². The minimum absolute atomic E-state index is 0.0897. The molecule has 6 nitrogen and oxygen atoms in total. The molecule has 3 saturated heterocycles. The van der Waals surface area contributed by atoms with Gasteiger partial charge in [-0.25, -0.2) is 8.78 Å². The van der Waals surface area contributed by atoms with Gasteiger partial charge >= 0.3 is 0 Å². The molecule has 30 heavy (non-hydrogen) atoms. The number of piperidine rings is 1. The number of carbonyl (C=O) groups is 1. The van der Waals surface area contributed by atoms with Gasteiger partial charge in [0, 0.05) is 32.0 Å². The van der Waals surface area contributed by atoms with Crippen LogP contribution in [0.4, 0.5) is 14.6 Å². The Morgan fingerprint density at radius 1 is 1.10 bits per heavy atom. The highest BCUT2D eigenvalue weighted by Gasteiger charge is 2.58. The molecule has 0 N–H and O–H groups in total. The van der Waals surface area contributed by atoms with Crippen LogP contribution >= 0.6 is 0 Å². The standard InChI is InChI=1S/C22H20F2N4O2/c1-2-17-3-5-19(26-25-17)27-9-7-22(8-10-27)21(29)28-18(4-6-20(28)30-22)14-11-15(23)13-16(24)12-14/h1,3,5,11-13,18,20H,4,6-10H2/t18-,20+/m0/s1. The number of fused-ring (bicyclic) bond motifs is 1. The third kappa shape index (κ3) is 3.01. The Kier molecular flexibility index (Phi) is 4.44. The van der Waals surface area contributed by atoms with Crippen LogP contribution in [0.1, 0.15) is 43.0 Å². The fourth-order valence-corrected chi connectivity index (χ4v) is 4.81. The van der Waals surface area contributed by atoms with Gasteiger partial charge in [-0.3, -0.25) is 4.79 Å². The van der Waals surface area contributed by atoms with Gasteiger partial charge in [0.05, 0.1) is 6.04 Å². The topological polar surface area (TPSA) is 58.6 Å². The molecule has 4 heterocycles. The highest BCUT2D eigenvalue weighted by Crippen LogP contribution is 2.47. The van der Waals surface area contributed by atoms with Gasteiger partial charge in [0.2, 0.25) is 0 Å². The Labute approximate surface area is 172 Å². The number of benzene rings is 1. The van der Waals surface area contributed by atoms with Crippen molar-refractivity contribution in [2.45, 2.75) is 43.6 Å². The number of carbonyl (C=O) groups excluding carboxylic acids is 1. The monoisotopic (exact) mass is 410 g/mol. The number of terminal acetylenes is 1. The Morgan fingerprint density at radius 3 is 2.47 bits per heavy atom. The van der Waals surface area contributed by atoms with Crippen LogP contribution in [0.2, 0.25) is 0 Å². The summed E-state index contributed by atoms with van der Waals surface area (Å²) in [6, 6.07) is 6.64. The largest absolute Gasteiger partial charge is 0.355 e. The van der Waals surface area contributed by atoms with Crippen molar-refractivity contribution in [3.63, 3.8) is 0 Å². The summed E-state index contributed by atoms with van der Waals surface area (Å²) in [7, 11) is 0. The van der Waals surface area contributed by atoms with Crippen LogP contribution in [-0.4, -0.2) is 45.9 Å². The van der Waals surface area contributed by atoms with Crippen LogP contribution in [0.25, 0.3) is 0 Å². The third-order valence-corrected chi connectivity index (χ3v) is 6.28. The summed E-state index contributed by atoms with van der Waals surface area (Å²) in [4.78, 5) is 17.1. The number of nitrogens with zero attached hydrogens (tertiary/aromatic N) is 4. The summed E-state index contributed by atoms with van der Waals surface area (Å²) in [6.07, 6.45) is 7.27. The quantitative estimate of drug-likeness (QED) is 0.713. The van der Waals surface area contributed by atoms with Crippen LogP contribution in [0.15, 0.2) is 30.3 Å². The van der Waals surface area contributed by atoms with Crippen LogP contribution in [0.5, 0.6) is 0 Å². The average molecular weight is 410 g/mol. The van der Waals surface area contributed by atoms with Crippen molar-refractivity contribution in [3.05, 3.63) is 53.2 Å². The minimum atomic E-state index is -0.891. The Morgan fingerprint density at radius 2 is 1.83 bits per heavy atom. The molecule has 3 fully saturated rings. The number of amides is 1. The maximum atomic E-state index is 13.7. The van der Waals surface area contributed by atoms with Gasteiger partial charge < -0.3 is 14.5 Å². The van der Waals surface area contributed by atoms with E-state index in [1.807, 2.05) is 6.07 Å². The van der Waals surface area contributed by atoms with Crippen LogP contribution in [0.3, 0.4) is 0 Å². The lowest BCUT2D eigenvalue weighted by Gasteiger charge is -2.37. The second-order valence-corrected chi connectivity index (χ2v) is 7.98. The third-order valence-electron chi connectivity index (χ3n) is 6.28. The van der Waals surface area contributed by atoms with Gasteiger partial charge in [-0.1, -0.05) is 0 Å². The lowest BCUT2D eigenvalue weighted by atomic mass is 9.89. The minimum Gasteiger partial charge on any atom is -0.355 e. The predicted octanol–water partition coefficient (Wildman–Crippen LogP) is 2.80. The SMILES string of the molecule is C#Cc1ccc(N2CCC3(CC2)O[C@@H]2CC[C@@H](c4cc(F)cc(F)c4)N2C3=O)nn1. The fraction of sp³-hybridized carbons (Fsp3) is 0.409. The zero-order valence-electron chi connectivity index (χ0n) is 16.2. The van der Waals surface area contributed by atoms with Crippen molar-refractivity contribution < 1.29 is 18.3 Å². The van der Waals surface area contributed by atoms with Gasteiger partial charge in [-0.2, -0.15) is 0 Å². The zero-order valence-corrected chi connectivity index (χ0v) is 16.2. The molecule has 8 heteroatoms. The van der Waals surface area contributed by atoms with Gasteiger partial charge in [-0.15, -0.1) is 16.6 Å². The van der Waals surface area contributed by atoms with Crippen molar-refractivity contribution in [2.24, 2.45) is 0 Å². The fourth-order valence-electron chi connectivity index (χ4n) is 4.81. The van der Waals surface area contributed by atoms with E-state index < -0.39 is 17.2 Å². The maximum Gasteiger partial charge on any atom is 0.257 e. The summed E-state index contributed by atoms with van der Waals surface area (Å²) in [5, 5.41) is 8.14. The van der Waals surface area contributed by atoms with Gasteiger partial charge in [0.15, 0.2) is 11.4 Å². The average Bonchev–Trinajstić information content (AvgIpc) is 3.26. The van der Waals surface area contributed by atoms with Crippen molar-refractivity contribution in [1.29, 1.82) is 0 Å². The van der Waals surface area contributed by atoms with Crippen LogP contribution in [-0.2, 0) is 9.53 Å². The lowest BCUT2D eigenvalue weighted by Crippen LogP contribution is -2.50. The van der Waals surface area contributed by atoms with Crippen molar-refractivity contribution in [3.8, 4) is 12.3 Å².